The van der Waals surface area contributed by atoms with Crippen LogP contribution in [0.15, 0.2) is 53.4 Å². The molecule has 1 aliphatic rings. The first kappa shape index (κ1) is 19.7. The third-order valence-electron chi connectivity index (χ3n) is 4.90. The molecule has 7 heteroatoms. The summed E-state index contributed by atoms with van der Waals surface area (Å²) in [5.74, 6) is 0.00694. The average Bonchev–Trinajstić information content (AvgIpc) is 3.16. The van der Waals surface area contributed by atoms with E-state index in [0.29, 0.717) is 48.7 Å². The molecule has 1 aliphatic carbocycles. The minimum atomic E-state index is -3.87. The lowest BCUT2D eigenvalue weighted by Crippen LogP contribution is -2.47. The lowest BCUT2D eigenvalue weighted by atomic mass is 10.1. The maximum absolute atomic E-state index is 13.4. The largest absolute Gasteiger partial charge is 0.492 e. The Balaban J connectivity index is 1.97. The summed E-state index contributed by atoms with van der Waals surface area (Å²) in [6.45, 7) is 2.29. The zero-order chi connectivity index (χ0) is 19.5. The maximum atomic E-state index is 13.4. The van der Waals surface area contributed by atoms with Gasteiger partial charge in [-0.15, -0.1) is 0 Å². The minimum Gasteiger partial charge on any atom is -0.492 e. The number of para-hydroxylation sites is 2. The number of hydrogen-bond acceptors (Lipinski definition) is 4. The second-order valence-corrected chi connectivity index (χ2v) is 9.24. The van der Waals surface area contributed by atoms with Crippen LogP contribution in [0.5, 0.6) is 5.75 Å². The number of anilines is 1. The molecule has 5 nitrogen and oxygen atoms in total. The number of hydrogen-bond donors (Lipinski definition) is 1. The Kier molecular flexibility index (Phi) is 5.77. The first-order valence-electron chi connectivity index (χ1n) is 8.94. The van der Waals surface area contributed by atoms with E-state index in [1.54, 1.807) is 24.3 Å². The number of halogens is 1. The smallest absolute Gasteiger partial charge is 0.246 e. The molecule has 144 valence electrons. The van der Waals surface area contributed by atoms with E-state index in [1.807, 2.05) is 6.92 Å². The molecular formula is C20H22ClNO4S. The topological polar surface area (TPSA) is 72.5 Å². The molecule has 0 atom stereocenters. The van der Waals surface area contributed by atoms with E-state index >= 15 is 0 Å². The van der Waals surface area contributed by atoms with E-state index in [2.05, 4.69) is 5.32 Å². The lowest BCUT2D eigenvalue weighted by molar-refractivity contribution is -0.118. The molecule has 0 aromatic heterocycles. The van der Waals surface area contributed by atoms with Gasteiger partial charge in [-0.2, -0.15) is 0 Å². The van der Waals surface area contributed by atoms with Gasteiger partial charge in [0.05, 0.1) is 17.2 Å². The first-order valence-corrected chi connectivity index (χ1v) is 10.8. The quantitative estimate of drug-likeness (QED) is 0.767. The molecule has 2 aromatic carbocycles. The van der Waals surface area contributed by atoms with Crippen LogP contribution in [0.2, 0.25) is 5.02 Å². The number of nitrogens with one attached hydrogen (secondary N) is 1. The number of amides is 1. The van der Waals surface area contributed by atoms with Gasteiger partial charge < -0.3 is 10.1 Å². The zero-order valence-corrected chi connectivity index (χ0v) is 16.6. The van der Waals surface area contributed by atoms with Crippen LogP contribution in [0.4, 0.5) is 5.69 Å². The van der Waals surface area contributed by atoms with Gasteiger partial charge in [-0.3, -0.25) is 4.79 Å². The SMILES string of the molecule is CCOc1ccccc1NC(=O)C1(S(=O)(=O)c2ccc(Cl)cc2)CCCC1. The summed E-state index contributed by atoms with van der Waals surface area (Å²) >= 11 is 5.89. The highest BCUT2D eigenvalue weighted by Crippen LogP contribution is 2.42. The molecule has 3 rings (SSSR count). The van der Waals surface area contributed by atoms with Crippen molar-refractivity contribution in [3.8, 4) is 5.75 Å². The van der Waals surface area contributed by atoms with Crippen molar-refractivity contribution in [3.05, 3.63) is 53.6 Å². The van der Waals surface area contributed by atoms with Crippen LogP contribution < -0.4 is 10.1 Å². The van der Waals surface area contributed by atoms with Crippen LogP contribution >= 0.6 is 11.6 Å². The van der Waals surface area contributed by atoms with E-state index in [-0.39, 0.29) is 4.90 Å². The Morgan fingerprint density at radius 2 is 1.74 bits per heavy atom. The monoisotopic (exact) mass is 407 g/mol. The fraction of sp³-hybridized carbons (Fsp3) is 0.350. The van der Waals surface area contributed by atoms with Crippen LogP contribution in [0, 0.1) is 0 Å². The Labute approximate surface area is 164 Å². The van der Waals surface area contributed by atoms with Crippen LogP contribution in [0.25, 0.3) is 0 Å². The third kappa shape index (κ3) is 3.69. The van der Waals surface area contributed by atoms with Gasteiger partial charge in [0.25, 0.3) is 0 Å². The van der Waals surface area contributed by atoms with Crippen molar-refractivity contribution in [2.45, 2.75) is 42.2 Å². The molecule has 0 bridgehead atoms. The van der Waals surface area contributed by atoms with E-state index in [9.17, 15) is 13.2 Å². The zero-order valence-electron chi connectivity index (χ0n) is 15.1. The molecule has 1 saturated carbocycles. The summed E-state index contributed by atoms with van der Waals surface area (Å²) in [5.41, 5.74) is 0.474. The molecule has 1 fully saturated rings. The van der Waals surface area contributed by atoms with Crippen molar-refractivity contribution in [3.63, 3.8) is 0 Å². The van der Waals surface area contributed by atoms with Gasteiger partial charge in [-0.1, -0.05) is 36.6 Å². The van der Waals surface area contributed by atoms with E-state index in [4.69, 9.17) is 16.3 Å². The number of benzene rings is 2. The van der Waals surface area contributed by atoms with Gasteiger partial charge >= 0.3 is 0 Å². The fourth-order valence-corrected chi connectivity index (χ4v) is 5.68. The molecule has 1 amide bonds. The standard InChI is InChI=1S/C20H22ClNO4S/c1-2-26-18-8-4-3-7-17(18)22-19(23)20(13-5-6-14-20)27(24,25)16-11-9-15(21)10-12-16/h3-4,7-12H,2,5-6,13-14H2,1H3,(H,22,23). The van der Waals surface area contributed by atoms with Crippen molar-refractivity contribution in [1.82, 2.24) is 0 Å². The summed E-state index contributed by atoms with van der Waals surface area (Å²) < 4.78 is 30.8. The van der Waals surface area contributed by atoms with Gasteiger partial charge in [0, 0.05) is 5.02 Å². The van der Waals surface area contributed by atoms with Crippen molar-refractivity contribution < 1.29 is 17.9 Å². The van der Waals surface area contributed by atoms with E-state index < -0.39 is 20.5 Å². The van der Waals surface area contributed by atoms with Gasteiger partial charge in [-0.05, 0) is 56.2 Å². The second kappa shape index (κ2) is 7.90. The Morgan fingerprint density at radius 3 is 2.37 bits per heavy atom. The molecular weight excluding hydrogens is 386 g/mol. The summed E-state index contributed by atoms with van der Waals surface area (Å²) in [7, 11) is -3.87. The van der Waals surface area contributed by atoms with Crippen LogP contribution in [-0.4, -0.2) is 25.7 Å². The number of carbonyl (C=O) groups excluding carboxylic acids is 1. The molecule has 0 radical (unpaired) electrons. The number of sulfone groups is 1. The normalized spacial score (nSPS) is 16.1. The third-order valence-corrected chi connectivity index (χ3v) is 7.67. The second-order valence-electron chi connectivity index (χ2n) is 6.54. The Bertz CT molecular complexity index is 919. The predicted octanol–water partition coefficient (Wildman–Crippen LogP) is 4.46. The molecule has 0 saturated heterocycles. The molecule has 0 heterocycles. The van der Waals surface area contributed by atoms with Gasteiger partial charge in [0.1, 0.15) is 5.75 Å². The summed E-state index contributed by atoms with van der Waals surface area (Å²) in [4.78, 5) is 13.3. The first-order chi connectivity index (χ1) is 12.9. The molecule has 0 spiro atoms. The van der Waals surface area contributed by atoms with Crippen molar-refractivity contribution >= 4 is 33.0 Å². The predicted molar refractivity (Wildman–Crippen MR) is 106 cm³/mol. The van der Waals surface area contributed by atoms with Crippen molar-refractivity contribution in [1.29, 1.82) is 0 Å². The van der Waals surface area contributed by atoms with Crippen LogP contribution in [0.1, 0.15) is 32.6 Å². The van der Waals surface area contributed by atoms with E-state index in [1.165, 1.54) is 24.3 Å². The highest BCUT2D eigenvalue weighted by Gasteiger charge is 2.53. The molecule has 1 N–H and O–H groups in total. The summed E-state index contributed by atoms with van der Waals surface area (Å²) in [6.07, 6.45) is 1.96. The number of carbonyl (C=O) groups is 1. The fourth-order valence-electron chi connectivity index (χ4n) is 3.49. The molecule has 0 aliphatic heterocycles. The van der Waals surface area contributed by atoms with Gasteiger partial charge in [0.15, 0.2) is 14.6 Å². The number of rotatable bonds is 6. The van der Waals surface area contributed by atoms with Gasteiger partial charge in [-0.25, -0.2) is 8.42 Å². The highest BCUT2D eigenvalue weighted by molar-refractivity contribution is 7.93. The molecule has 27 heavy (non-hydrogen) atoms. The summed E-state index contributed by atoms with van der Waals surface area (Å²) in [6, 6.07) is 13.0. The summed E-state index contributed by atoms with van der Waals surface area (Å²) in [5, 5.41) is 3.24. The Hall–Kier alpha value is -2.05. The molecule has 2 aromatic rings. The van der Waals surface area contributed by atoms with Gasteiger partial charge in [0.2, 0.25) is 5.91 Å². The van der Waals surface area contributed by atoms with Crippen LogP contribution in [-0.2, 0) is 14.6 Å². The van der Waals surface area contributed by atoms with Crippen molar-refractivity contribution in [2.75, 3.05) is 11.9 Å². The lowest BCUT2D eigenvalue weighted by Gasteiger charge is -2.28. The number of ether oxygens (including phenoxy) is 1. The Morgan fingerprint density at radius 1 is 1.11 bits per heavy atom. The maximum Gasteiger partial charge on any atom is 0.246 e. The van der Waals surface area contributed by atoms with Crippen LogP contribution in [0.3, 0.4) is 0 Å². The molecule has 0 unspecified atom stereocenters. The van der Waals surface area contributed by atoms with E-state index in [0.717, 1.165) is 0 Å². The highest BCUT2D eigenvalue weighted by atomic mass is 35.5. The minimum absolute atomic E-state index is 0.113. The average molecular weight is 408 g/mol. The van der Waals surface area contributed by atoms with Crippen molar-refractivity contribution in [2.24, 2.45) is 0 Å².